The summed E-state index contributed by atoms with van der Waals surface area (Å²) >= 11 is 0. The second-order valence-electron chi connectivity index (χ2n) is 4.31. The van der Waals surface area contributed by atoms with E-state index in [-0.39, 0.29) is 12.0 Å². The summed E-state index contributed by atoms with van der Waals surface area (Å²) in [5, 5.41) is 9.67. The van der Waals surface area contributed by atoms with Gasteiger partial charge in [0.15, 0.2) is 0 Å². The molecule has 2 aliphatic rings. The Hall–Kier alpha value is -0.830. The molecule has 3 atom stereocenters. The van der Waals surface area contributed by atoms with Crippen molar-refractivity contribution in [2.45, 2.75) is 25.9 Å². The van der Waals surface area contributed by atoms with Crippen LogP contribution in [-0.2, 0) is 4.79 Å². The van der Waals surface area contributed by atoms with E-state index in [0.29, 0.717) is 11.8 Å². The zero-order chi connectivity index (χ0) is 10.1. The standard InChI is InChI=1S/C11H17NO2/c1-2-3-11(14)12-6-8-4-5-10(13)9(8)7-12/h2-3,8-10,13H,4-7H2,1H3/b3-2+. The van der Waals surface area contributed by atoms with Crippen LogP contribution in [0.3, 0.4) is 0 Å². The SMILES string of the molecule is C/C=C/C(=O)N1CC2CCC(O)C2C1. The molecule has 3 heteroatoms. The fraction of sp³-hybridized carbons (Fsp3) is 0.727. The second-order valence-corrected chi connectivity index (χ2v) is 4.31. The van der Waals surface area contributed by atoms with Gasteiger partial charge >= 0.3 is 0 Å². The first-order chi connectivity index (χ1) is 6.72. The zero-order valence-corrected chi connectivity index (χ0v) is 8.52. The van der Waals surface area contributed by atoms with Crippen molar-refractivity contribution >= 4 is 5.91 Å². The molecule has 0 spiro atoms. The lowest BCUT2D eigenvalue weighted by molar-refractivity contribution is -0.125. The average Bonchev–Trinajstić information content (AvgIpc) is 2.69. The van der Waals surface area contributed by atoms with Gasteiger partial charge in [0.25, 0.3) is 0 Å². The van der Waals surface area contributed by atoms with Crippen molar-refractivity contribution in [2.75, 3.05) is 13.1 Å². The minimum atomic E-state index is -0.177. The number of hydrogen-bond acceptors (Lipinski definition) is 2. The van der Waals surface area contributed by atoms with Crippen LogP contribution >= 0.6 is 0 Å². The fourth-order valence-electron chi connectivity index (χ4n) is 2.66. The molecule has 1 aliphatic carbocycles. The molecule has 1 saturated carbocycles. The highest BCUT2D eigenvalue weighted by atomic mass is 16.3. The van der Waals surface area contributed by atoms with Crippen molar-refractivity contribution in [1.29, 1.82) is 0 Å². The Morgan fingerprint density at radius 3 is 2.86 bits per heavy atom. The lowest BCUT2D eigenvalue weighted by Crippen LogP contribution is -2.29. The van der Waals surface area contributed by atoms with E-state index in [1.54, 1.807) is 12.2 Å². The van der Waals surface area contributed by atoms with Crippen LogP contribution in [0.25, 0.3) is 0 Å². The minimum absolute atomic E-state index is 0.0918. The van der Waals surface area contributed by atoms with E-state index in [0.717, 1.165) is 25.9 Å². The van der Waals surface area contributed by atoms with E-state index in [2.05, 4.69) is 0 Å². The minimum Gasteiger partial charge on any atom is -0.393 e. The fourth-order valence-corrected chi connectivity index (χ4v) is 2.66. The van der Waals surface area contributed by atoms with Crippen LogP contribution in [0.5, 0.6) is 0 Å². The number of rotatable bonds is 1. The summed E-state index contributed by atoms with van der Waals surface area (Å²) in [5.74, 6) is 0.970. The number of hydrogen-bond donors (Lipinski definition) is 1. The Labute approximate surface area is 84.4 Å². The largest absolute Gasteiger partial charge is 0.393 e. The van der Waals surface area contributed by atoms with Crippen molar-refractivity contribution < 1.29 is 9.90 Å². The first-order valence-corrected chi connectivity index (χ1v) is 5.32. The molecule has 0 aromatic carbocycles. The van der Waals surface area contributed by atoms with Gasteiger partial charge in [-0.1, -0.05) is 6.08 Å². The lowest BCUT2D eigenvalue weighted by Gasteiger charge is -2.16. The molecule has 14 heavy (non-hydrogen) atoms. The first-order valence-electron chi connectivity index (χ1n) is 5.32. The molecule has 1 amide bonds. The molecule has 0 radical (unpaired) electrons. The monoisotopic (exact) mass is 195 g/mol. The van der Waals surface area contributed by atoms with Crippen molar-refractivity contribution in [3.8, 4) is 0 Å². The molecule has 2 fully saturated rings. The number of likely N-dealkylation sites (tertiary alicyclic amines) is 1. The topological polar surface area (TPSA) is 40.5 Å². The highest BCUT2D eigenvalue weighted by Crippen LogP contribution is 2.37. The van der Waals surface area contributed by atoms with E-state index in [1.165, 1.54) is 0 Å². The molecule has 0 bridgehead atoms. The van der Waals surface area contributed by atoms with Gasteiger partial charge in [-0.2, -0.15) is 0 Å². The van der Waals surface area contributed by atoms with E-state index >= 15 is 0 Å². The van der Waals surface area contributed by atoms with Gasteiger partial charge in [-0.15, -0.1) is 0 Å². The predicted octanol–water partition coefficient (Wildman–Crippen LogP) is 0.792. The smallest absolute Gasteiger partial charge is 0.246 e. The highest BCUT2D eigenvalue weighted by Gasteiger charge is 2.42. The summed E-state index contributed by atoms with van der Waals surface area (Å²) in [5.41, 5.74) is 0. The summed E-state index contributed by atoms with van der Waals surface area (Å²) in [6, 6.07) is 0. The molecule has 3 unspecified atom stereocenters. The van der Waals surface area contributed by atoms with E-state index < -0.39 is 0 Å². The van der Waals surface area contributed by atoms with E-state index in [4.69, 9.17) is 0 Å². The number of aliphatic hydroxyl groups is 1. The van der Waals surface area contributed by atoms with Gasteiger partial charge < -0.3 is 10.0 Å². The Morgan fingerprint density at radius 1 is 1.43 bits per heavy atom. The van der Waals surface area contributed by atoms with Crippen LogP contribution in [-0.4, -0.2) is 35.1 Å². The second kappa shape index (κ2) is 3.73. The summed E-state index contributed by atoms with van der Waals surface area (Å²) in [6.07, 6.45) is 5.19. The third kappa shape index (κ3) is 1.57. The van der Waals surface area contributed by atoms with Gasteiger partial charge in [0, 0.05) is 19.0 Å². The summed E-state index contributed by atoms with van der Waals surface area (Å²) in [7, 11) is 0. The highest BCUT2D eigenvalue weighted by molar-refractivity contribution is 5.87. The number of allylic oxidation sites excluding steroid dienone is 1. The number of nitrogens with zero attached hydrogens (tertiary/aromatic N) is 1. The molecule has 1 aliphatic heterocycles. The number of amides is 1. The maximum absolute atomic E-state index is 11.5. The maximum atomic E-state index is 11.5. The van der Waals surface area contributed by atoms with Gasteiger partial charge in [-0.3, -0.25) is 4.79 Å². The summed E-state index contributed by atoms with van der Waals surface area (Å²) in [6.45, 7) is 3.43. The first kappa shape index (κ1) is 9.71. The molecular formula is C11H17NO2. The van der Waals surface area contributed by atoms with Gasteiger partial charge in [0.05, 0.1) is 6.10 Å². The van der Waals surface area contributed by atoms with Gasteiger partial charge in [0.2, 0.25) is 5.91 Å². The maximum Gasteiger partial charge on any atom is 0.246 e. The Kier molecular flexibility index (Phi) is 2.59. The normalized spacial score (nSPS) is 36.7. The van der Waals surface area contributed by atoms with Crippen molar-refractivity contribution in [1.82, 2.24) is 4.90 Å². The van der Waals surface area contributed by atoms with E-state index in [9.17, 15) is 9.90 Å². The average molecular weight is 195 g/mol. The number of carbonyl (C=O) groups is 1. The number of aliphatic hydroxyl groups excluding tert-OH is 1. The van der Waals surface area contributed by atoms with Gasteiger partial charge in [0.1, 0.15) is 0 Å². The Balaban J connectivity index is 1.98. The summed E-state index contributed by atoms with van der Waals surface area (Å²) in [4.78, 5) is 13.4. The van der Waals surface area contributed by atoms with Crippen molar-refractivity contribution in [3.63, 3.8) is 0 Å². The lowest BCUT2D eigenvalue weighted by atomic mass is 10.00. The van der Waals surface area contributed by atoms with Crippen LogP contribution in [0.15, 0.2) is 12.2 Å². The van der Waals surface area contributed by atoms with Crippen molar-refractivity contribution in [2.24, 2.45) is 11.8 Å². The third-order valence-electron chi connectivity index (χ3n) is 3.44. The molecule has 0 aromatic rings. The van der Waals surface area contributed by atoms with E-state index in [1.807, 2.05) is 11.8 Å². The number of carbonyl (C=O) groups excluding carboxylic acids is 1. The van der Waals surface area contributed by atoms with Crippen LogP contribution in [0.1, 0.15) is 19.8 Å². The molecule has 3 nitrogen and oxygen atoms in total. The quantitative estimate of drug-likeness (QED) is 0.628. The van der Waals surface area contributed by atoms with Gasteiger partial charge in [-0.25, -0.2) is 0 Å². The van der Waals surface area contributed by atoms with Crippen LogP contribution in [0.4, 0.5) is 0 Å². The third-order valence-corrected chi connectivity index (χ3v) is 3.44. The van der Waals surface area contributed by atoms with Crippen molar-refractivity contribution in [3.05, 3.63) is 12.2 Å². The Bertz CT molecular complexity index is 262. The molecule has 1 N–H and O–H groups in total. The molecule has 1 heterocycles. The van der Waals surface area contributed by atoms with Gasteiger partial charge in [-0.05, 0) is 31.8 Å². The molecular weight excluding hydrogens is 178 g/mol. The molecule has 2 rings (SSSR count). The molecule has 1 saturated heterocycles. The molecule has 0 aromatic heterocycles. The van der Waals surface area contributed by atoms with Crippen LogP contribution < -0.4 is 0 Å². The summed E-state index contributed by atoms with van der Waals surface area (Å²) < 4.78 is 0. The van der Waals surface area contributed by atoms with Crippen LogP contribution in [0, 0.1) is 11.8 Å². The Morgan fingerprint density at radius 2 is 2.21 bits per heavy atom. The predicted molar refractivity (Wildman–Crippen MR) is 53.6 cm³/mol. The molecule has 78 valence electrons. The number of fused-ring (bicyclic) bond motifs is 1. The van der Waals surface area contributed by atoms with Crippen LogP contribution in [0.2, 0.25) is 0 Å². The zero-order valence-electron chi connectivity index (χ0n) is 8.52.